The van der Waals surface area contributed by atoms with Crippen molar-refractivity contribution in [1.29, 1.82) is 0 Å². The van der Waals surface area contributed by atoms with Crippen LogP contribution < -0.4 is 0 Å². The molecule has 0 aliphatic rings. The van der Waals surface area contributed by atoms with Crippen LogP contribution in [0, 0.1) is 13.8 Å². The first-order chi connectivity index (χ1) is 14.4. The van der Waals surface area contributed by atoms with E-state index in [1.54, 1.807) is 0 Å². The number of aryl methyl sites for hydroxylation is 2. The first-order valence-electron chi connectivity index (χ1n) is 10.1. The minimum atomic E-state index is -1.29. The van der Waals surface area contributed by atoms with E-state index >= 15 is 0 Å². The number of aliphatic hydroxyl groups is 1. The second kappa shape index (κ2) is 7.81. The Labute approximate surface area is 177 Å². The highest BCUT2D eigenvalue weighted by Gasteiger charge is 2.36. The fourth-order valence-electron chi connectivity index (χ4n) is 4.01. The Morgan fingerprint density at radius 1 is 0.833 bits per heavy atom. The van der Waals surface area contributed by atoms with Crippen molar-refractivity contribution in [2.24, 2.45) is 7.05 Å². The molecule has 152 valence electrons. The summed E-state index contributed by atoms with van der Waals surface area (Å²) >= 11 is 0. The zero-order chi connectivity index (χ0) is 21.3. The zero-order valence-electron chi connectivity index (χ0n) is 17.5. The van der Waals surface area contributed by atoms with Crippen LogP contribution in [0.2, 0.25) is 0 Å². The lowest BCUT2D eigenvalue weighted by molar-refractivity contribution is 0.0524. The quantitative estimate of drug-likeness (QED) is 0.482. The van der Waals surface area contributed by atoms with Crippen LogP contribution in [0.5, 0.6) is 0 Å². The molecule has 0 amide bonds. The maximum absolute atomic E-state index is 13.2. The summed E-state index contributed by atoms with van der Waals surface area (Å²) in [5.41, 5.74) is 3.47. The molecular weight excluding hydrogens is 372 g/mol. The third-order valence-electron chi connectivity index (χ3n) is 5.90. The lowest BCUT2D eigenvalue weighted by Crippen LogP contribution is -2.36. The van der Waals surface area contributed by atoms with Crippen molar-refractivity contribution in [3.63, 3.8) is 0 Å². The average molecular weight is 399 g/mol. The highest BCUT2D eigenvalue weighted by molar-refractivity contribution is 6.08. The molecule has 0 spiro atoms. The molecule has 0 aliphatic carbocycles. The molecule has 2 heterocycles. The van der Waals surface area contributed by atoms with Gasteiger partial charge >= 0.3 is 0 Å². The van der Waals surface area contributed by atoms with E-state index in [1.165, 1.54) is 0 Å². The van der Waals surface area contributed by atoms with Crippen molar-refractivity contribution >= 4 is 5.78 Å². The Morgan fingerprint density at radius 2 is 1.43 bits per heavy atom. The van der Waals surface area contributed by atoms with Gasteiger partial charge in [0.1, 0.15) is 5.60 Å². The van der Waals surface area contributed by atoms with Crippen LogP contribution >= 0.6 is 0 Å². The first kappa shape index (κ1) is 19.9. The van der Waals surface area contributed by atoms with Crippen molar-refractivity contribution in [2.45, 2.75) is 26.0 Å². The summed E-state index contributed by atoms with van der Waals surface area (Å²) < 4.78 is 3.93. The van der Waals surface area contributed by atoms with E-state index in [4.69, 9.17) is 0 Å². The van der Waals surface area contributed by atoms with Crippen molar-refractivity contribution in [3.8, 4) is 0 Å². The standard InChI is InChI=1S/C26H26N2O2/c1-19-15-17-24(27(19)3)26(30,22-12-8-5-9-13-22)18-28-20(2)14-16-23(28)25(29)21-10-6-4-7-11-21/h4-17,30H,18H2,1-3H3. The molecule has 2 aromatic carbocycles. The van der Waals surface area contributed by atoms with Gasteiger partial charge in [0.15, 0.2) is 0 Å². The second-order valence-corrected chi connectivity index (χ2v) is 7.79. The minimum absolute atomic E-state index is 0.0535. The molecule has 0 fully saturated rings. The van der Waals surface area contributed by atoms with Crippen molar-refractivity contribution in [3.05, 3.63) is 119 Å². The Morgan fingerprint density at radius 3 is 2.03 bits per heavy atom. The molecule has 1 unspecified atom stereocenters. The smallest absolute Gasteiger partial charge is 0.209 e. The predicted octanol–water partition coefficient (Wildman–Crippen LogP) is 4.61. The summed E-state index contributed by atoms with van der Waals surface area (Å²) in [7, 11) is 1.96. The van der Waals surface area contributed by atoms with Crippen molar-refractivity contribution in [1.82, 2.24) is 9.13 Å². The number of rotatable bonds is 6. The molecule has 0 saturated heterocycles. The maximum atomic E-state index is 13.2. The van der Waals surface area contributed by atoms with Crippen LogP contribution in [-0.4, -0.2) is 20.0 Å². The fraction of sp³-hybridized carbons (Fsp3) is 0.192. The Balaban J connectivity index is 1.83. The third kappa shape index (κ3) is 3.40. The van der Waals surface area contributed by atoms with Crippen LogP contribution in [0.15, 0.2) is 84.9 Å². The Hall–Kier alpha value is -3.37. The van der Waals surface area contributed by atoms with Gasteiger partial charge in [-0.25, -0.2) is 0 Å². The summed E-state index contributed by atoms with van der Waals surface area (Å²) in [5, 5.41) is 12.1. The first-order valence-corrected chi connectivity index (χ1v) is 10.1. The van der Waals surface area contributed by atoms with Gasteiger partial charge in [0.25, 0.3) is 0 Å². The van der Waals surface area contributed by atoms with Gasteiger partial charge in [-0.1, -0.05) is 60.7 Å². The summed E-state index contributed by atoms with van der Waals surface area (Å²) in [5.74, 6) is -0.0535. The van der Waals surface area contributed by atoms with Gasteiger partial charge in [-0.2, -0.15) is 0 Å². The van der Waals surface area contributed by atoms with E-state index in [-0.39, 0.29) is 12.3 Å². The van der Waals surface area contributed by atoms with Crippen LogP contribution in [0.4, 0.5) is 0 Å². The maximum Gasteiger partial charge on any atom is 0.209 e. The van der Waals surface area contributed by atoms with E-state index in [2.05, 4.69) is 0 Å². The summed E-state index contributed by atoms with van der Waals surface area (Å²) in [6.07, 6.45) is 0. The summed E-state index contributed by atoms with van der Waals surface area (Å²) in [6, 6.07) is 26.6. The fourth-order valence-corrected chi connectivity index (χ4v) is 4.01. The van der Waals surface area contributed by atoms with Gasteiger partial charge in [-0.3, -0.25) is 4.79 Å². The molecule has 4 heteroatoms. The van der Waals surface area contributed by atoms with E-state index in [0.29, 0.717) is 11.3 Å². The van der Waals surface area contributed by atoms with Gasteiger partial charge in [-0.15, -0.1) is 0 Å². The molecule has 4 nitrogen and oxygen atoms in total. The molecule has 0 aliphatic heterocycles. The Kier molecular flexibility index (Phi) is 5.18. The molecule has 0 bridgehead atoms. The van der Waals surface area contributed by atoms with Crippen LogP contribution in [0.25, 0.3) is 0 Å². The molecular formula is C26H26N2O2. The van der Waals surface area contributed by atoms with Crippen LogP contribution in [0.3, 0.4) is 0 Å². The molecule has 0 radical (unpaired) electrons. The monoisotopic (exact) mass is 398 g/mol. The van der Waals surface area contributed by atoms with Gasteiger partial charge < -0.3 is 14.2 Å². The van der Waals surface area contributed by atoms with Gasteiger partial charge in [0, 0.05) is 24.0 Å². The van der Waals surface area contributed by atoms with E-state index in [0.717, 1.165) is 22.6 Å². The average Bonchev–Trinajstić information content (AvgIpc) is 3.31. The normalized spacial score (nSPS) is 13.2. The lowest BCUT2D eigenvalue weighted by Gasteiger charge is -2.31. The number of hydrogen-bond acceptors (Lipinski definition) is 2. The van der Waals surface area contributed by atoms with Gasteiger partial charge in [-0.05, 0) is 43.7 Å². The number of benzene rings is 2. The molecule has 1 N–H and O–H groups in total. The number of carbonyl (C=O) groups excluding carboxylic acids is 1. The number of aromatic nitrogens is 2. The topological polar surface area (TPSA) is 47.2 Å². The van der Waals surface area contributed by atoms with E-state index in [9.17, 15) is 9.90 Å². The highest BCUT2D eigenvalue weighted by atomic mass is 16.3. The number of carbonyl (C=O) groups is 1. The predicted molar refractivity (Wildman–Crippen MR) is 119 cm³/mol. The lowest BCUT2D eigenvalue weighted by atomic mass is 9.89. The minimum Gasteiger partial charge on any atom is -0.377 e. The molecule has 30 heavy (non-hydrogen) atoms. The molecule has 4 aromatic rings. The SMILES string of the molecule is Cc1ccc(C(O)(Cn2c(C)ccc2C(=O)c2ccccc2)c2ccccc2)n1C. The molecule has 0 saturated carbocycles. The summed E-state index contributed by atoms with van der Waals surface area (Å²) in [4.78, 5) is 13.2. The second-order valence-electron chi connectivity index (χ2n) is 7.79. The van der Waals surface area contributed by atoms with E-state index < -0.39 is 5.60 Å². The van der Waals surface area contributed by atoms with Gasteiger partial charge in [0.05, 0.1) is 17.9 Å². The molecule has 1 atom stereocenters. The van der Waals surface area contributed by atoms with Crippen LogP contribution in [-0.2, 0) is 19.2 Å². The summed E-state index contributed by atoms with van der Waals surface area (Å²) in [6.45, 7) is 4.21. The molecule has 2 aromatic heterocycles. The zero-order valence-corrected chi connectivity index (χ0v) is 17.5. The highest BCUT2D eigenvalue weighted by Crippen LogP contribution is 2.33. The third-order valence-corrected chi connectivity index (χ3v) is 5.90. The van der Waals surface area contributed by atoms with Gasteiger partial charge in [0.2, 0.25) is 5.78 Å². The number of ketones is 1. The van der Waals surface area contributed by atoms with E-state index in [1.807, 2.05) is 115 Å². The largest absolute Gasteiger partial charge is 0.377 e. The number of nitrogens with zero attached hydrogens (tertiary/aromatic N) is 2. The Bertz CT molecular complexity index is 1170. The van der Waals surface area contributed by atoms with Crippen molar-refractivity contribution < 1.29 is 9.90 Å². The number of hydrogen-bond donors (Lipinski definition) is 1. The van der Waals surface area contributed by atoms with Crippen LogP contribution in [0.1, 0.15) is 38.7 Å². The molecule has 4 rings (SSSR count). The van der Waals surface area contributed by atoms with Crippen molar-refractivity contribution in [2.75, 3.05) is 0 Å².